The van der Waals surface area contributed by atoms with Crippen LogP contribution < -0.4 is 14.8 Å². The highest BCUT2D eigenvalue weighted by Gasteiger charge is 2.17. The standard InChI is InChI=1S/C17H17N5O3/c1-11(25-13-8-6-12(24-2)7-9-13)16(23)20-17-19-15(21-22-17)14-5-3-4-10-18-14/h3-11H,1-2H3,(H2,19,20,21,22,23). The number of aromatic nitrogens is 4. The van der Waals surface area contributed by atoms with E-state index in [0.717, 1.165) is 0 Å². The molecular weight excluding hydrogens is 322 g/mol. The van der Waals surface area contributed by atoms with Crippen molar-refractivity contribution in [1.82, 2.24) is 20.2 Å². The smallest absolute Gasteiger partial charge is 0.267 e. The van der Waals surface area contributed by atoms with Crippen LogP contribution in [0.25, 0.3) is 11.5 Å². The van der Waals surface area contributed by atoms with Crippen molar-refractivity contribution < 1.29 is 14.3 Å². The number of pyridine rings is 1. The number of aromatic amines is 1. The lowest BCUT2D eigenvalue weighted by Gasteiger charge is -2.13. The maximum Gasteiger partial charge on any atom is 0.267 e. The molecule has 1 unspecified atom stereocenters. The van der Waals surface area contributed by atoms with Crippen molar-refractivity contribution in [3.8, 4) is 23.0 Å². The van der Waals surface area contributed by atoms with Gasteiger partial charge in [-0.15, -0.1) is 5.10 Å². The van der Waals surface area contributed by atoms with Gasteiger partial charge in [0.1, 0.15) is 17.2 Å². The maximum absolute atomic E-state index is 12.2. The highest BCUT2D eigenvalue weighted by atomic mass is 16.5. The minimum Gasteiger partial charge on any atom is -0.497 e. The first-order chi connectivity index (χ1) is 12.2. The molecule has 0 bridgehead atoms. The molecular formula is C17H17N5O3. The number of amides is 1. The van der Waals surface area contributed by atoms with E-state index in [2.05, 4.69) is 25.5 Å². The Morgan fingerprint density at radius 1 is 1.16 bits per heavy atom. The van der Waals surface area contributed by atoms with Gasteiger partial charge in [-0.25, -0.2) is 0 Å². The summed E-state index contributed by atoms with van der Waals surface area (Å²) in [5.41, 5.74) is 0.637. The molecule has 0 radical (unpaired) electrons. The van der Waals surface area contributed by atoms with Crippen molar-refractivity contribution in [2.75, 3.05) is 12.4 Å². The molecule has 1 atom stereocenters. The van der Waals surface area contributed by atoms with E-state index < -0.39 is 6.10 Å². The Labute approximate surface area is 144 Å². The van der Waals surface area contributed by atoms with Gasteiger partial charge >= 0.3 is 0 Å². The molecule has 0 aliphatic carbocycles. The van der Waals surface area contributed by atoms with Crippen molar-refractivity contribution in [3.63, 3.8) is 0 Å². The monoisotopic (exact) mass is 339 g/mol. The fourth-order valence-electron chi connectivity index (χ4n) is 2.06. The van der Waals surface area contributed by atoms with Crippen molar-refractivity contribution >= 4 is 11.9 Å². The molecule has 0 saturated heterocycles. The number of methoxy groups -OCH3 is 1. The number of nitrogens with one attached hydrogen (secondary N) is 2. The van der Waals surface area contributed by atoms with Gasteiger partial charge in [0.25, 0.3) is 5.91 Å². The number of carbonyl (C=O) groups excluding carboxylic acids is 1. The van der Waals surface area contributed by atoms with E-state index in [0.29, 0.717) is 23.0 Å². The second-order valence-corrected chi connectivity index (χ2v) is 5.15. The molecule has 128 valence electrons. The van der Waals surface area contributed by atoms with Crippen LogP contribution >= 0.6 is 0 Å². The molecule has 1 amide bonds. The first kappa shape index (κ1) is 16.4. The van der Waals surface area contributed by atoms with Crippen LogP contribution in [0.5, 0.6) is 11.5 Å². The number of ether oxygens (including phenoxy) is 2. The van der Waals surface area contributed by atoms with Gasteiger partial charge in [0.05, 0.1) is 7.11 Å². The van der Waals surface area contributed by atoms with Crippen LogP contribution in [0.3, 0.4) is 0 Å². The second kappa shape index (κ2) is 7.43. The lowest BCUT2D eigenvalue weighted by molar-refractivity contribution is -0.122. The molecule has 1 aromatic carbocycles. The normalized spacial score (nSPS) is 11.6. The third-order valence-electron chi connectivity index (χ3n) is 3.37. The van der Waals surface area contributed by atoms with E-state index in [1.807, 2.05) is 6.07 Å². The number of rotatable bonds is 6. The SMILES string of the molecule is COc1ccc(OC(C)C(=O)Nc2n[nH]c(-c3ccccn3)n2)cc1. The summed E-state index contributed by atoms with van der Waals surface area (Å²) in [5.74, 6) is 1.55. The predicted molar refractivity (Wildman–Crippen MR) is 91.3 cm³/mol. The molecule has 3 rings (SSSR count). The predicted octanol–water partition coefficient (Wildman–Crippen LogP) is 2.28. The summed E-state index contributed by atoms with van der Waals surface area (Å²) < 4.78 is 10.7. The molecule has 2 heterocycles. The van der Waals surface area contributed by atoms with E-state index in [-0.39, 0.29) is 11.9 Å². The highest BCUT2D eigenvalue weighted by molar-refractivity contribution is 5.92. The van der Waals surface area contributed by atoms with Crippen molar-refractivity contribution in [2.45, 2.75) is 13.0 Å². The van der Waals surface area contributed by atoms with Crippen LogP contribution in [0.2, 0.25) is 0 Å². The van der Waals surface area contributed by atoms with Gasteiger partial charge in [-0.2, -0.15) is 4.98 Å². The average molecular weight is 339 g/mol. The molecule has 0 aliphatic rings. The van der Waals surface area contributed by atoms with Gasteiger partial charge in [-0.3, -0.25) is 20.2 Å². The van der Waals surface area contributed by atoms with Gasteiger partial charge in [-0.05, 0) is 43.3 Å². The summed E-state index contributed by atoms with van der Waals surface area (Å²) in [4.78, 5) is 20.6. The van der Waals surface area contributed by atoms with Gasteiger partial charge < -0.3 is 9.47 Å². The van der Waals surface area contributed by atoms with Crippen LogP contribution in [-0.4, -0.2) is 39.3 Å². The number of nitrogens with zero attached hydrogens (tertiary/aromatic N) is 3. The molecule has 8 nitrogen and oxygen atoms in total. The quantitative estimate of drug-likeness (QED) is 0.714. The van der Waals surface area contributed by atoms with E-state index in [1.165, 1.54) is 0 Å². The minimum atomic E-state index is -0.717. The van der Waals surface area contributed by atoms with Crippen LogP contribution in [0.4, 0.5) is 5.95 Å². The summed E-state index contributed by atoms with van der Waals surface area (Å²) in [6.07, 6.45) is 0.936. The van der Waals surface area contributed by atoms with Crippen LogP contribution in [0.15, 0.2) is 48.7 Å². The van der Waals surface area contributed by atoms with Gasteiger partial charge in [-0.1, -0.05) is 6.07 Å². The fourth-order valence-corrected chi connectivity index (χ4v) is 2.06. The second-order valence-electron chi connectivity index (χ2n) is 5.15. The first-order valence-electron chi connectivity index (χ1n) is 7.61. The Kier molecular flexibility index (Phi) is 4.89. The molecule has 3 aromatic rings. The molecule has 2 N–H and O–H groups in total. The number of benzene rings is 1. The number of hydrogen-bond acceptors (Lipinski definition) is 6. The van der Waals surface area contributed by atoms with E-state index in [9.17, 15) is 4.79 Å². The molecule has 8 heteroatoms. The van der Waals surface area contributed by atoms with Gasteiger partial charge in [0.15, 0.2) is 11.9 Å². The Morgan fingerprint density at radius 2 is 1.92 bits per heavy atom. The minimum absolute atomic E-state index is 0.163. The summed E-state index contributed by atoms with van der Waals surface area (Å²) >= 11 is 0. The van der Waals surface area contributed by atoms with Gasteiger partial charge in [0, 0.05) is 6.20 Å². The first-order valence-corrected chi connectivity index (χ1v) is 7.61. The number of anilines is 1. The molecule has 0 fully saturated rings. The van der Waals surface area contributed by atoms with Crippen molar-refractivity contribution in [3.05, 3.63) is 48.7 Å². The number of carbonyl (C=O) groups is 1. The fraction of sp³-hybridized carbons (Fsp3) is 0.176. The van der Waals surface area contributed by atoms with Crippen LogP contribution in [-0.2, 0) is 4.79 Å². The van der Waals surface area contributed by atoms with E-state index in [4.69, 9.17) is 9.47 Å². The van der Waals surface area contributed by atoms with Crippen LogP contribution in [0, 0.1) is 0 Å². The molecule has 0 aliphatic heterocycles. The Hall–Kier alpha value is -3.42. The average Bonchev–Trinajstić information content (AvgIpc) is 3.11. The van der Waals surface area contributed by atoms with E-state index in [1.54, 1.807) is 56.6 Å². The zero-order valence-corrected chi connectivity index (χ0v) is 13.8. The summed E-state index contributed by atoms with van der Waals surface area (Å²) in [6.45, 7) is 1.64. The Balaban J connectivity index is 1.60. The number of hydrogen-bond donors (Lipinski definition) is 2. The summed E-state index contributed by atoms with van der Waals surface area (Å²) in [7, 11) is 1.59. The van der Waals surface area contributed by atoms with Crippen molar-refractivity contribution in [2.24, 2.45) is 0 Å². The van der Waals surface area contributed by atoms with E-state index >= 15 is 0 Å². The van der Waals surface area contributed by atoms with Crippen LogP contribution in [0.1, 0.15) is 6.92 Å². The van der Waals surface area contributed by atoms with Gasteiger partial charge in [0.2, 0.25) is 5.95 Å². The van der Waals surface area contributed by atoms with Crippen molar-refractivity contribution in [1.29, 1.82) is 0 Å². The Morgan fingerprint density at radius 3 is 2.60 bits per heavy atom. The highest BCUT2D eigenvalue weighted by Crippen LogP contribution is 2.18. The molecule has 2 aromatic heterocycles. The maximum atomic E-state index is 12.2. The lowest BCUT2D eigenvalue weighted by atomic mass is 10.3. The molecule has 0 saturated carbocycles. The lowest BCUT2D eigenvalue weighted by Crippen LogP contribution is -2.30. The largest absolute Gasteiger partial charge is 0.497 e. The molecule has 25 heavy (non-hydrogen) atoms. The summed E-state index contributed by atoms with van der Waals surface area (Å²) in [5, 5.41) is 9.30. The number of H-pyrrole nitrogens is 1. The zero-order chi connectivity index (χ0) is 17.6. The molecule has 0 spiro atoms. The topological polar surface area (TPSA) is 102 Å². The Bertz CT molecular complexity index is 833. The summed E-state index contributed by atoms with van der Waals surface area (Å²) in [6, 6.07) is 12.4. The third kappa shape index (κ3) is 4.11. The third-order valence-corrected chi connectivity index (χ3v) is 3.37. The zero-order valence-electron chi connectivity index (χ0n) is 13.8.